The fraction of sp³-hybridized carbons (Fsp3) is 0.600. The molecule has 0 aromatic heterocycles. The number of aliphatic hydroxyl groups is 2. The fourth-order valence-corrected chi connectivity index (χ4v) is 2.76. The van der Waals surface area contributed by atoms with Gasteiger partial charge in [0.2, 0.25) is 0 Å². The molecule has 0 amide bonds. The van der Waals surface area contributed by atoms with Gasteiger partial charge in [-0.2, -0.15) is 0 Å². The monoisotopic (exact) mass is 366 g/mol. The molecular formula is C20H30O6. The Morgan fingerprint density at radius 2 is 2.08 bits per heavy atom. The number of cyclic esters (lactones) is 1. The molecule has 26 heavy (non-hydrogen) atoms. The molecule has 0 unspecified atom stereocenters. The molecule has 3 N–H and O–H groups in total. The van der Waals surface area contributed by atoms with Crippen LogP contribution in [0.5, 0.6) is 0 Å². The average molecular weight is 366 g/mol. The molecule has 1 aliphatic rings. The zero-order valence-corrected chi connectivity index (χ0v) is 15.3. The predicted octanol–water partition coefficient (Wildman–Crippen LogP) is 2.75. The molecule has 0 saturated carbocycles. The van der Waals surface area contributed by atoms with E-state index in [-0.39, 0.29) is 18.8 Å². The summed E-state index contributed by atoms with van der Waals surface area (Å²) < 4.78 is 5.33. The molecule has 0 radical (unpaired) electrons. The van der Waals surface area contributed by atoms with Crippen molar-refractivity contribution >= 4 is 11.9 Å². The lowest BCUT2D eigenvalue weighted by Crippen LogP contribution is -2.41. The first-order valence-corrected chi connectivity index (χ1v) is 9.19. The van der Waals surface area contributed by atoms with E-state index in [0.29, 0.717) is 25.7 Å². The van der Waals surface area contributed by atoms with Crippen LogP contribution in [0.4, 0.5) is 0 Å². The molecule has 6 nitrogen and oxygen atoms in total. The van der Waals surface area contributed by atoms with E-state index in [1.165, 1.54) is 0 Å². The molecule has 0 spiro atoms. The standard InChI is InChI=1S/C20H30O6/c1-2-3-6-9-15(21)12-13-18-16(17(22)14-20(25)26-18)10-7-4-5-8-11-19(23)24/h3-4,6-7,12-13,15-18,21-22H,2,5,8-11,14H2,1H3,(H,23,24)/b6-3+,7-4-,13-12+/t15-,16-,17-,18+/m0/s1. The second-order valence-electron chi connectivity index (χ2n) is 6.45. The van der Waals surface area contributed by atoms with Crippen molar-refractivity contribution in [2.75, 3.05) is 0 Å². The number of aliphatic carboxylic acids is 1. The highest BCUT2D eigenvalue weighted by Crippen LogP contribution is 2.27. The van der Waals surface area contributed by atoms with Crippen LogP contribution in [0.1, 0.15) is 51.9 Å². The van der Waals surface area contributed by atoms with Crippen molar-refractivity contribution in [3.63, 3.8) is 0 Å². The number of carbonyl (C=O) groups excluding carboxylic acids is 1. The summed E-state index contributed by atoms with van der Waals surface area (Å²) in [5, 5.41) is 28.7. The Kier molecular flexibility index (Phi) is 10.6. The quantitative estimate of drug-likeness (QED) is 0.295. The first kappa shape index (κ1) is 22.1. The number of carboxylic acids is 1. The second kappa shape index (κ2) is 12.4. The van der Waals surface area contributed by atoms with Crippen molar-refractivity contribution in [2.45, 2.75) is 70.2 Å². The number of hydrogen-bond donors (Lipinski definition) is 3. The molecule has 1 fully saturated rings. The van der Waals surface area contributed by atoms with Gasteiger partial charge < -0.3 is 20.1 Å². The third-order valence-corrected chi connectivity index (χ3v) is 4.20. The number of carbonyl (C=O) groups is 2. The number of rotatable bonds is 11. The third kappa shape index (κ3) is 8.97. The molecule has 0 aromatic rings. The number of ether oxygens (including phenoxy) is 1. The Morgan fingerprint density at radius 1 is 1.31 bits per heavy atom. The topological polar surface area (TPSA) is 104 Å². The van der Waals surface area contributed by atoms with Crippen LogP contribution in [-0.2, 0) is 14.3 Å². The van der Waals surface area contributed by atoms with E-state index < -0.39 is 30.3 Å². The van der Waals surface area contributed by atoms with Crippen molar-refractivity contribution < 1.29 is 29.6 Å². The minimum Gasteiger partial charge on any atom is -0.481 e. The Labute approximate surface area is 154 Å². The van der Waals surface area contributed by atoms with Crippen molar-refractivity contribution in [1.29, 1.82) is 0 Å². The van der Waals surface area contributed by atoms with Gasteiger partial charge in [-0.1, -0.05) is 37.3 Å². The summed E-state index contributed by atoms with van der Waals surface area (Å²) in [5.74, 6) is -1.54. The minimum absolute atomic E-state index is 0.0380. The molecular weight excluding hydrogens is 336 g/mol. The largest absolute Gasteiger partial charge is 0.481 e. The van der Waals surface area contributed by atoms with Gasteiger partial charge in [-0.25, -0.2) is 0 Å². The van der Waals surface area contributed by atoms with Crippen LogP contribution in [0.3, 0.4) is 0 Å². The molecule has 146 valence electrons. The number of carboxylic acid groups (broad SMARTS) is 1. The lowest BCUT2D eigenvalue weighted by molar-refractivity contribution is -0.163. The SMILES string of the molecule is CC/C=C/C[C@H](O)/C=C/[C@H]1OC(=O)C[C@H](O)[C@@H]1C/C=C\CCCC(=O)O. The van der Waals surface area contributed by atoms with E-state index >= 15 is 0 Å². The highest BCUT2D eigenvalue weighted by Gasteiger charge is 2.35. The smallest absolute Gasteiger partial charge is 0.309 e. The number of aliphatic hydroxyl groups excluding tert-OH is 2. The maximum absolute atomic E-state index is 11.6. The lowest BCUT2D eigenvalue weighted by atomic mass is 9.87. The highest BCUT2D eigenvalue weighted by molar-refractivity contribution is 5.71. The average Bonchev–Trinajstić information content (AvgIpc) is 2.57. The maximum atomic E-state index is 11.6. The van der Waals surface area contributed by atoms with E-state index in [2.05, 4.69) is 0 Å². The fourth-order valence-electron chi connectivity index (χ4n) is 2.76. The van der Waals surface area contributed by atoms with E-state index in [1.54, 1.807) is 12.2 Å². The molecule has 0 aromatic carbocycles. The molecule has 0 aliphatic carbocycles. The van der Waals surface area contributed by atoms with Gasteiger partial charge in [0, 0.05) is 12.3 Å². The minimum atomic E-state index is -0.814. The molecule has 1 saturated heterocycles. The molecule has 0 bridgehead atoms. The normalized spacial score (nSPS) is 25.2. The van der Waals surface area contributed by atoms with Crippen LogP contribution in [-0.4, -0.2) is 45.6 Å². The maximum Gasteiger partial charge on any atom is 0.309 e. The Morgan fingerprint density at radius 3 is 2.77 bits per heavy atom. The molecule has 6 heteroatoms. The van der Waals surface area contributed by atoms with Crippen LogP contribution >= 0.6 is 0 Å². The van der Waals surface area contributed by atoms with E-state index in [9.17, 15) is 19.8 Å². The first-order valence-electron chi connectivity index (χ1n) is 9.19. The molecule has 1 heterocycles. The van der Waals surface area contributed by atoms with Gasteiger partial charge in [-0.15, -0.1) is 0 Å². The van der Waals surface area contributed by atoms with Crippen molar-refractivity contribution in [3.05, 3.63) is 36.5 Å². The Balaban J connectivity index is 2.58. The molecule has 4 atom stereocenters. The Bertz CT molecular complexity index is 522. The van der Waals surface area contributed by atoms with Gasteiger partial charge in [-0.05, 0) is 38.2 Å². The van der Waals surface area contributed by atoms with Crippen LogP contribution in [0.15, 0.2) is 36.5 Å². The summed E-state index contributed by atoms with van der Waals surface area (Å²) in [6, 6.07) is 0. The van der Waals surface area contributed by atoms with Crippen LogP contribution < -0.4 is 0 Å². The van der Waals surface area contributed by atoms with Crippen molar-refractivity contribution in [2.24, 2.45) is 5.92 Å². The summed E-state index contributed by atoms with van der Waals surface area (Å²) in [6.07, 6.45) is 12.1. The summed E-state index contributed by atoms with van der Waals surface area (Å²) in [5.41, 5.74) is 0. The van der Waals surface area contributed by atoms with Crippen molar-refractivity contribution in [3.8, 4) is 0 Å². The Hall–Kier alpha value is -1.92. The zero-order chi connectivity index (χ0) is 19.4. The summed E-state index contributed by atoms with van der Waals surface area (Å²) >= 11 is 0. The second-order valence-corrected chi connectivity index (χ2v) is 6.45. The number of hydrogen-bond acceptors (Lipinski definition) is 5. The first-order chi connectivity index (χ1) is 12.4. The van der Waals surface area contributed by atoms with Gasteiger partial charge >= 0.3 is 11.9 Å². The van der Waals surface area contributed by atoms with Gasteiger partial charge in [0.05, 0.1) is 18.6 Å². The van der Waals surface area contributed by atoms with E-state index in [0.717, 1.165) is 6.42 Å². The van der Waals surface area contributed by atoms with Gasteiger partial charge in [0.15, 0.2) is 0 Å². The van der Waals surface area contributed by atoms with Gasteiger partial charge in [0.1, 0.15) is 6.10 Å². The zero-order valence-electron chi connectivity index (χ0n) is 15.3. The van der Waals surface area contributed by atoms with Crippen molar-refractivity contribution in [1.82, 2.24) is 0 Å². The van der Waals surface area contributed by atoms with Gasteiger partial charge in [-0.3, -0.25) is 9.59 Å². The lowest BCUT2D eigenvalue weighted by Gasteiger charge is -2.32. The van der Waals surface area contributed by atoms with E-state index in [1.807, 2.05) is 31.2 Å². The predicted molar refractivity (Wildman–Crippen MR) is 98.4 cm³/mol. The van der Waals surface area contributed by atoms with Gasteiger partial charge in [0.25, 0.3) is 0 Å². The van der Waals surface area contributed by atoms with Crippen LogP contribution in [0.2, 0.25) is 0 Å². The number of unbranched alkanes of at least 4 members (excludes halogenated alkanes) is 1. The molecule has 1 aliphatic heterocycles. The molecule has 1 rings (SSSR count). The third-order valence-electron chi connectivity index (χ3n) is 4.20. The van der Waals surface area contributed by atoms with E-state index in [4.69, 9.17) is 9.84 Å². The highest BCUT2D eigenvalue weighted by atomic mass is 16.5. The summed E-state index contributed by atoms with van der Waals surface area (Å²) in [6.45, 7) is 2.02. The summed E-state index contributed by atoms with van der Waals surface area (Å²) in [7, 11) is 0. The number of esters is 1. The number of allylic oxidation sites excluding steroid dienone is 3. The van der Waals surface area contributed by atoms with Crippen LogP contribution in [0.25, 0.3) is 0 Å². The van der Waals surface area contributed by atoms with Crippen LogP contribution in [0, 0.1) is 5.92 Å². The summed E-state index contributed by atoms with van der Waals surface area (Å²) in [4.78, 5) is 22.1.